The molecule has 0 N–H and O–H groups in total. The first-order valence-corrected chi connectivity index (χ1v) is 5.62. The Balaban J connectivity index is 2.19. The van der Waals surface area contributed by atoms with E-state index in [-0.39, 0.29) is 0 Å². The molecule has 2 bridgehead atoms. The van der Waals surface area contributed by atoms with Gasteiger partial charge in [0, 0.05) is 21.3 Å². The van der Waals surface area contributed by atoms with Crippen LogP contribution in [-0.2, 0) is 10.8 Å². The highest BCUT2D eigenvalue weighted by molar-refractivity contribution is 7.86. The fourth-order valence-electron chi connectivity index (χ4n) is 2.15. The van der Waals surface area contributed by atoms with Crippen molar-refractivity contribution >= 4 is 10.8 Å². The highest BCUT2D eigenvalue weighted by atomic mass is 32.2. The molecule has 2 atom stereocenters. The minimum absolute atomic E-state index is 0.420. The van der Waals surface area contributed by atoms with Gasteiger partial charge in [0.25, 0.3) is 0 Å². The van der Waals surface area contributed by atoms with Crippen LogP contribution in [-0.4, -0.2) is 14.7 Å². The summed E-state index contributed by atoms with van der Waals surface area (Å²) >= 11 is 0. The van der Waals surface area contributed by atoms with Gasteiger partial charge in [-0.2, -0.15) is 0 Å². The number of terminal acetylenes is 1. The van der Waals surface area contributed by atoms with Crippen LogP contribution in [0, 0.1) is 12.3 Å². The number of fused-ring (bicyclic) bond motifs is 2. The van der Waals surface area contributed by atoms with E-state index in [1.807, 2.05) is 6.08 Å². The second kappa shape index (κ2) is 3.06. The second-order valence-corrected chi connectivity index (χ2v) is 5.52. The summed E-state index contributed by atoms with van der Waals surface area (Å²) in [5, 5.41) is 0.840. The van der Waals surface area contributed by atoms with Crippen LogP contribution in [0.25, 0.3) is 0 Å². The summed E-state index contributed by atoms with van der Waals surface area (Å²) in [6.07, 6.45) is 11.3. The van der Waals surface area contributed by atoms with Gasteiger partial charge >= 0.3 is 0 Å². The number of hydrogen-bond donors (Lipinski definition) is 0. The smallest absolute Gasteiger partial charge is 0.0388 e. The molecule has 0 aromatic carbocycles. The minimum Gasteiger partial charge on any atom is -0.259 e. The van der Waals surface area contributed by atoms with Crippen LogP contribution in [0.2, 0.25) is 0 Å². The molecule has 2 saturated heterocycles. The Kier molecular flexibility index (Phi) is 2.06. The van der Waals surface area contributed by atoms with Gasteiger partial charge in [-0.05, 0) is 31.8 Å². The van der Waals surface area contributed by atoms with Gasteiger partial charge in [-0.1, -0.05) is 11.5 Å². The molecular weight excluding hydrogens is 168 g/mol. The van der Waals surface area contributed by atoms with Crippen molar-refractivity contribution in [2.24, 2.45) is 0 Å². The molecule has 2 aliphatic rings. The molecule has 1 nitrogen and oxygen atoms in total. The van der Waals surface area contributed by atoms with Gasteiger partial charge in [0.1, 0.15) is 0 Å². The lowest BCUT2D eigenvalue weighted by Crippen LogP contribution is -2.22. The quantitative estimate of drug-likeness (QED) is 0.518. The molecule has 2 unspecified atom stereocenters. The van der Waals surface area contributed by atoms with Crippen molar-refractivity contribution < 1.29 is 4.21 Å². The SMILES string of the molecule is C#CC=C1CC2CCC(C1)S2=O. The van der Waals surface area contributed by atoms with Gasteiger partial charge in [0.15, 0.2) is 0 Å². The number of rotatable bonds is 0. The van der Waals surface area contributed by atoms with Crippen LogP contribution in [0.4, 0.5) is 0 Å². The van der Waals surface area contributed by atoms with Crippen LogP contribution in [0.15, 0.2) is 11.6 Å². The average molecular weight is 180 g/mol. The zero-order valence-electron chi connectivity index (χ0n) is 6.95. The monoisotopic (exact) mass is 180 g/mol. The third-order valence-electron chi connectivity index (χ3n) is 2.73. The van der Waals surface area contributed by atoms with Crippen molar-refractivity contribution in [1.29, 1.82) is 0 Å². The lowest BCUT2D eigenvalue weighted by atomic mass is 10.1. The van der Waals surface area contributed by atoms with E-state index in [4.69, 9.17) is 6.42 Å². The standard InChI is InChI=1S/C10H12OS/c1-2-3-8-6-9-4-5-10(7-8)12(9)11/h1,3,9-10H,4-7H2. The Morgan fingerprint density at radius 1 is 1.42 bits per heavy atom. The molecule has 2 heterocycles. The highest BCUT2D eigenvalue weighted by Gasteiger charge is 2.37. The lowest BCUT2D eigenvalue weighted by molar-refractivity contribution is 0.659. The van der Waals surface area contributed by atoms with E-state index in [0.717, 1.165) is 25.7 Å². The van der Waals surface area contributed by atoms with E-state index < -0.39 is 10.8 Å². The van der Waals surface area contributed by atoms with E-state index in [0.29, 0.717) is 10.5 Å². The maximum absolute atomic E-state index is 11.6. The Labute approximate surface area is 75.7 Å². The van der Waals surface area contributed by atoms with Gasteiger partial charge in [-0.15, -0.1) is 6.42 Å². The highest BCUT2D eigenvalue weighted by Crippen LogP contribution is 2.37. The minimum atomic E-state index is -0.552. The molecule has 0 aromatic rings. The molecule has 2 heteroatoms. The average Bonchev–Trinajstić information content (AvgIpc) is 2.33. The van der Waals surface area contributed by atoms with E-state index >= 15 is 0 Å². The molecule has 0 amide bonds. The number of hydrogen-bond acceptors (Lipinski definition) is 1. The second-order valence-electron chi connectivity index (χ2n) is 3.53. The largest absolute Gasteiger partial charge is 0.259 e. The van der Waals surface area contributed by atoms with Crippen molar-refractivity contribution in [3.05, 3.63) is 11.6 Å². The van der Waals surface area contributed by atoms with Gasteiger partial charge in [0.05, 0.1) is 0 Å². The van der Waals surface area contributed by atoms with E-state index in [9.17, 15) is 4.21 Å². The van der Waals surface area contributed by atoms with E-state index in [1.165, 1.54) is 5.57 Å². The van der Waals surface area contributed by atoms with Gasteiger partial charge in [-0.3, -0.25) is 4.21 Å². The first-order valence-electron chi connectivity index (χ1n) is 4.34. The van der Waals surface area contributed by atoms with Crippen molar-refractivity contribution in [2.45, 2.75) is 36.2 Å². The summed E-state index contributed by atoms with van der Waals surface area (Å²) in [7, 11) is -0.552. The maximum Gasteiger partial charge on any atom is 0.0388 e. The summed E-state index contributed by atoms with van der Waals surface area (Å²) < 4.78 is 11.6. The molecule has 2 aliphatic heterocycles. The molecule has 64 valence electrons. The van der Waals surface area contributed by atoms with Crippen LogP contribution < -0.4 is 0 Å². The van der Waals surface area contributed by atoms with Crippen molar-refractivity contribution in [3.63, 3.8) is 0 Å². The Morgan fingerprint density at radius 2 is 2.00 bits per heavy atom. The van der Waals surface area contributed by atoms with E-state index in [2.05, 4.69) is 5.92 Å². The van der Waals surface area contributed by atoms with Gasteiger partial charge < -0.3 is 0 Å². The summed E-state index contributed by atoms with van der Waals surface area (Å²) in [5.74, 6) is 2.56. The van der Waals surface area contributed by atoms with Gasteiger partial charge in [0.2, 0.25) is 0 Å². The third kappa shape index (κ3) is 1.23. The molecular formula is C10H12OS. The first-order chi connectivity index (χ1) is 5.81. The number of allylic oxidation sites excluding steroid dienone is 2. The third-order valence-corrected chi connectivity index (χ3v) is 4.85. The molecule has 0 aromatic heterocycles. The molecule has 0 radical (unpaired) electrons. The van der Waals surface area contributed by atoms with Crippen LogP contribution in [0.5, 0.6) is 0 Å². The van der Waals surface area contributed by atoms with Crippen molar-refractivity contribution in [1.82, 2.24) is 0 Å². The normalized spacial score (nSPS) is 39.2. The van der Waals surface area contributed by atoms with Crippen molar-refractivity contribution in [2.75, 3.05) is 0 Å². The molecule has 0 saturated carbocycles. The van der Waals surface area contributed by atoms with Crippen LogP contribution >= 0.6 is 0 Å². The first kappa shape index (κ1) is 8.07. The summed E-state index contributed by atoms with van der Waals surface area (Å²) in [6, 6.07) is 0. The molecule has 2 fully saturated rings. The Hall–Kier alpha value is -0.550. The zero-order valence-corrected chi connectivity index (χ0v) is 7.77. The van der Waals surface area contributed by atoms with Crippen molar-refractivity contribution in [3.8, 4) is 12.3 Å². The summed E-state index contributed by atoms with van der Waals surface area (Å²) in [4.78, 5) is 0. The molecule has 2 rings (SSSR count). The molecule has 0 aliphatic carbocycles. The van der Waals surface area contributed by atoms with E-state index in [1.54, 1.807) is 0 Å². The topological polar surface area (TPSA) is 17.1 Å². The Morgan fingerprint density at radius 3 is 2.50 bits per heavy atom. The van der Waals surface area contributed by atoms with Gasteiger partial charge in [-0.25, -0.2) is 0 Å². The molecule has 12 heavy (non-hydrogen) atoms. The predicted octanol–water partition coefficient (Wildman–Crippen LogP) is 1.62. The fraction of sp³-hybridized carbons (Fsp3) is 0.600. The predicted molar refractivity (Wildman–Crippen MR) is 51.1 cm³/mol. The summed E-state index contributed by atoms with van der Waals surface area (Å²) in [6.45, 7) is 0. The summed E-state index contributed by atoms with van der Waals surface area (Å²) in [5.41, 5.74) is 1.34. The lowest BCUT2D eigenvalue weighted by Gasteiger charge is -2.20. The maximum atomic E-state index is 11.6. The van der Waals surface area contributed by atoms with Crippen LogP contribution in [0.3, 0.4) is 0 Å². The van der Waals surface area contributed by atoms with Crippen LogP contribution in [0.1, 0.15) is 25.7 Å². The molecule has 0 spiro atoms. The zero-order chi connectivity index (χ0) is 8.55. The fourth-order valence-corrected chi connectivity index (χ4v) is 4.19. The Bertz CT molecular complexity index is 267.